The smallest absolute Gasteiger partial charge is 0.330 e. The number of nitrogens with two attached hydrogens (primary N) is 1. The molecule has 0 aromatic carbocycles. The first-order chi connectivity index (χ1) is 7.47. The van der Waals surface area contributed by atoms with Gasteiger partial charge in [0.15, 0.2) is 0 Å². The van der Waals surface area contributed by atoms with Crippen LogP contribution in [0.15, 0.2) is 0 Å². The molecule has 0 amide bonds. The molecule has 1 saturated heterocycles. The summed E-state index contributed by atoms with van der Waals surface area (Å²) in [5, 5.41) is 0. The number of likely N-dealkylation sites (tertiary alicyclic amines) is 1. The van der Waals surface area contributed by atoms with Crippen molar-refractivity contribution >= 4 is 0 Å². The molecule has 1 unspecified atom stereocenters. The van der Waals surface area contributed by atoms with Crippen LogP contribution in [0.3, 0.4) is 0 Å². The molecule has 1 atom stereocenters. The summed E-state index contributed by atoms with van der Waals surface area (Å²) in [6.07, 6.45) is -0.985. The zero-order chi connectivity index (χ0) is 12.2. The molecule has 96 valence electrons. The van der Waals surface area contributed by atoms with Gasteiger partial charge in [-0.3, -0.25) is 0 Å². The molecule has 0 radical (unpaired) electrons. The second-order valence-electron chi connectivity index (χ2n) is 4.63. The third-order valence-corrected chi connectivity index (χ3v) is 3.51. The number of hydrogen-bond donors (Lipinski definition) is 1. The van der Waals surface area contributed by atoms with E-state index in [0.29, 0.717) is 5.92 Å². The van der Waals surface area contributed by atoms with Crippen molar-refractivity contribution in [2.75, 3.05) is 26.2 Å². The maximum atomic E-state index is 12.5. The summed E-state index contributed by atoms with van der Waals surface area (Å²) < 4.78 is 37.5. The Balaban J connectivity index is 2.37. The third-order valence-electron chi connectivity index (χ3n) is 3.51. The maximum absolute atomic E-state index is 12.5. The summed E-state index contributed by atoms with van der Waals surface area (Å²) in [4.78, 5) is 1.90. The van der Waals surface area contributed by atoms with E-state index in [9.17, 15) is 13.2 Å². The Morgan fingerprint density at radius 2 is 1.88 bits per heavy atom. The Morgan fingerprint density at radius 1 is 1.31 bits per heavy atom. The molecule has 1 rings (SSSR count). The summed E-state index contributed by atoms with van der Waals surface area (Å²) in [5.41, 5.74) is 5.18. The molecule has 0 bridgehead atoms. The summed E-state index contributed by atoms with van der Waals surface area (Å²) in [7, 11) is 0. The summed E-state index contributed by atoms with van der Waals surface area (Å²) in [6, 6.07) is 0. The predicted molar refractivity (Wildman–Crippen MR) is 58.1 cm³/mol. The zero-order valence-electron chi connectivity index (χ0n) is 9.76. The first-order valence-electron chi connectivity index (χ1n) is 5.96. The van der Waals surface area contributed by atoms with Gasteiger partial charge in [0, 0.05) is 13.1 Å². The molecule has 16 heavy (non-hydrogen) atoms. The average molecular weight is 238 g/mol. The Kier molecular flexibility index (Phi) is 5.05. The Bertz CT molecular complexity index is 198. The minimum Gasteiger partial charge on any atom is -0.330 e. The molecule has 1 aliphatic rings. The lowest BCUT2D eigenvalue weighted by Crippen LogP contribution is -2.43. The van der Waals surface area contributed by atoms with Crippen molar-refractivity contribution in [3.8, 4) is 0 Å². The largest absolute Gasteiger partial charge is 0.394 e. The van der Waals surface area contributed by atoms with Gasteiger partial charge in [-0.2, -0.15) is 13.2 Å². The van der Waals surface area contributed by atoms with E-state index < -0.39 is 12.1 Å². The lowest BCUT2D eigenvalue weighted by atomic mass is 9.94. The lowest BCUT2D eigenvalue weighted by Gasteiger charge is -2.34. The van der Waals surface area contributed by atoms with E-state index in [4.69, 9.17) is 5.73 Å². The highest BCUT2D eigenvalue weighted by atomic mass is 19.4. The molecule has 0 aliphatic carbocycles. The number of alkyl halides is 3. The molecule has 0 aromatic heterocycles. The van der Waals surface area contributed by atoms with E-state index >= 15 is 0 Å². The Hall–Kier alpha value is -0.290. The van der Waals surface area contributed by atoms with Gasteiger partial charge in [-0.25, -0.2) is 0 Å². The van der Waals surface area contributed by atoms with Crippen molar-refractivity contribution in [1.29, 1.82) is 0 Å². The predicted octanol–water partition coefficient (Wildman–Crippen LogP) is 2.25. The van der Waals surface area contributed by atoms with E-state index in [0.717, 1.165) is 32.4 Å². The topological polar surface area (TPSA) is 29.3 Å². The summed E-state index contributed by atoms with van der Waals surface area (Å²) in [6.45, 7) is 3.46. The summed E-state index contributed by atoms with van der Waals surface area (Å²) >= 11 is 0. The monoisotopic (exact) mass is 238 g/mol. The van der Waals surface area contributed by atoms with Gasteiger partial charge >= 0.3 is 6.18 Å². The Labute approximate surface area is 95.0 Å². The number of rotatable bonds is 4. The first kappa shape index (κ1) is 13.8. The first-order valence-corrected chi connectivity index (χ1v) is 5.96. The van der Waals surface area contributed by atoms with Crippen molar-refractivity contribution in [2.24, 2.45) is 17.6 Å². The van der Waals surface area contributed by atoms with Gasteiger partial charge in [-0.15, -0.1) is 0 Å². The molecule has 1 aliphatic heterocycles. The lowest BCUT2D eigenvalue weighted by molar-refractivity contribution is -0.177. The standard InChI is InChI=1S/C11H21F3N2/c1-2-9-3-5-16(6-4-9)8-10(7-15)11(12,13)14/h9-10H,2-8,15H2,1H3. The highest BCUT2D eigenvalue weighted by Crippen LogP contribution is 2.28. The fraction of sp³-hybridized carbons (Fsp3) is 1.00. The van der Waals surface area contributed by atoms with Gasteiger partial charge in [0.05, 0.1) is 5.92 Å². The van der Waals surface area contributed by atoms with Crippen LogP contribution >= 0.6 is 0 Å². The fourth-order valence-corrected chi connectivity index (χ4v) is 2.20. The molecular weight excluding hydrogens is 217 g/mol. The van der Waals surface area contributed by atoms with Crippen LogP contribution in [0.2, 0.25) is 0 Å². The van der Waals surface area contributed by atoms with E-state index in [1.807, 2.05) is 4.90 Å². The van der Waals surface area contributed by atoms with Gasteiger partial charge in [0.25, 0.3) is 0 Å². The molecule has 0 aromatic rings. The number of piperidine rings is 1. The van der Waals surface area contributed by atoms with E-state index in [1.54, 1.807) is 0 Å². The zero-order valence-corrected chi connectivity index (χ0v) is 9.76. The van der Waals surface area contributed by atoms with E-state index in [-0.39, 0.29) is 13.1 Å². The molecule has 0 saturated carbocycles. The second-order valence-corrected chi connectivity index (χ2v) is 4.63. The van der Waals surface area contributed by atoms with Crippen molar-refractivity contribution in [3.05, 3.63) is 0 Å². The van der Waals surface area contributed by atoms with Gasteiger partial charge in [0.1, 0.15) is 0 Å². The minimum absolute atomic E-state index is 0.0659. The summed E-state index contributed by atoms with van der Waals surface area (Å²) in [5.74, 6) is -0.677. The molecule has 1 heterocycles. The minimum atomic E-state index is -4.16. The van der Waals surface area contributed by atoms with Crippen LogP contribution in [0, 0.1) is 11.8 Å². The van der Waals surface area contributed by atoms with E-state index in [2.05, 4.69) is 6.92 Å². The van der Waals surface area contributed by atoms with Crippen LogP contribution in [-0.2, 0) is 0 Å². The molecule has 2 nitrogen and oxygen atoms in total. The van der Waals surface area contributed by atoms with Crippen LogP contribution in [0.4, 0.5) is 13.2 Å². The van der Waals surface area contributed by atoms with Gasteiger partial charge in [-0.1, -0.05) is 13.3 Å². The Morgan fingerprint density at radius 3 is 2.25 bits per heavy atom. The van der Waals surface area contributed by atoms with Crippen LogP contribution < -0.4 is 5.73 Å². The van der Waals surface area contributed by atoms with Gasteiger partial charge < -0.3 is 10.6 Å². The maximum Gasteiger partial charge on any atom is 0.394 e. The van der Waals surface area contributed by atoms with Crippen LogP contribution in [0.1, 0.15) is 26.2 Å². The van der Waals surface area contributed by atoms with Crippen LogP contribution in [0.5, 0.6) is 0 Å². The number of hydrogen-bond acceptors (Lipinski definition) is 2. The molecule has 2 N–H and O–H groups in total. The molecule has 1 fully saturated rings. The second kappa shape index (κ2) is 5.87. The number of nitrogens with zero attached hydrogens (tertiary/aromatic N) is 1. The van der Waals surface area contributed by atoms with Gasteiger partial charge in [-0.05, 0) is 31.8 Å². The molecule has 0 spiro atoms. The highest BCUT2D eigenvalue weighted by Gasteiger charge is 2.39. The SMILES string of the molecule is CCC1CCN(CC(CN)C(F)(F)F)CC1. The van der Waals surface area contributed by atoms with Gasteiger partial charge in [0.2, 0.25) is 0 Å². The number of halogens is 3. The fourth-order valence-electron chi connectivity index (χ4n) is 2.20. The average Bonchev–Trinajstić information content (AvgIpc) is 2.25. The quantitative estimate of drug-likeness (QED) is 0.814. The molecule has 5 heteroatoms. The van der Waals surface area contributed by atoms with Crippen LogP contribution in [0.25, 0.3) is 0 Å². The third kappa shape index (κ3) is 3.94. The van der Waals surface area contributed by atoms with Crippen LogP contribution in [-0.4, -0.2) is 37.3 Å². The molecular formula is C11H21F3N2. The van der Waals surface area contributed by atoms with Crippen molar-refractivity contribution in [3.63, 3.8) is 0 Å². The normalized spacial score (nSPS) is 22.3. The van der Waals surface area contributed by atoms with E-state index in [1.165, 1.54) is 0 Å². The highest BCUT2D eigenvalue weighted by molar-refractivity contribution is 4.77. The van der Waals surface area contributed by atoms with Crippen molar-refractivity contribution in [1.82, 2.24) is 4.90 Å². The van der Waals surface area contributed by atoms with Crippen molar-refractivity contribution < 1.29 is 13.2 Å². The van der Waals surface area contributed by atoms with Crippen molar-refractivity contribution in [2.45, 2.75) is 32.4 Å².